The first-order valence-corrected chi connectivity index (χ1v) is 9.49. The number of benzene rings is 1. The molecule has 7 heteroatoms. The maximum Gasteiger partial charge on any atom is 0.319 e. The topological polar surface area (TPSA) is 73.5 Å². The Kier molecular flexibility index (Phi) is 6.30. The van der Waals surface area contributed by atoms with E-state index in [4.69, 9.17) is 0 Å². The van der Waals surface area contributed by atoms with Crippen LogP contribution in [0.5, 0.6) is 0 Å². The molecule has 1 aromatic rings. The first-order chi connectivity index (χ1) is 12.6. The lowest BCUT2D eigenvalue weighted by molar-refractivity contribution is 0.170. The van der Waals surface area contributed by atoms with Crippen molar-refractivity contribution in [3.8, 4) is 0 Å². The second-order valence-corrected chi connectivity index (χ2v) is 7.12. The van der Waals surface area contributed by atoms with Gasteiger partial charge in [0.2, 0.25) is 0 Å². The van der Waals surface area contributed by atoms with Gasteiger partial charge in [0.25, 0.3) is 0 Å². The van der Waals surface area contributed by atoms with E-state index in [0.29, 0.717) is 32.0 Å². The summed E-state index contributed by atoms with van der Waals surface area (Å²) in [5.41, 5.74) is 0.161. The number of rotatable bonds is 3. The van der Waals surface area contributed by atoms with Crippen molar-refractivity contribution >= 4 is 17.7 Å². The first kappa shape index (κ1) is 18.5. The molecule has 1 aliphatic carbocycles. The number of likely N-dealkylation sites (tertiary alicyclic amines) is 1. The van der Waals surface area contributed by atoms with Gasteiger partial charge in [-0.2, -0.15) is 0 Å². The number of halogens is 1. The fraction of sp³-hybridized carbons (Fsp3) is 0.579. The summed E-state index contributed by atoms with van der Waals surface area (Å²) in [7, 11) is 0. The molecular formula is C19H27FN4O2. The van der Waals surface area contributed by atoms with Gasteiger partial charge in [-0.3, -0.25) is 0 Å². The van der Waals surface area contributed by atoms with Crippen molar-refractivity contribution in [2.45, 2.75) is 57.0 Å². The van der Waals surface area contributed by atoms with Crippen LogP contribution in [0.3, 0.4) is 0 Å². The minimum absolute atomic E-state index is 0.00570. The highest BCUT2D eigenvalue weighted by Gasteiger charge is 2.25. The summed E-state index contributed by atoms with van der Waals surface area (Å²) >= 11 is 0. The molecule has 1 heterocycles. The predicted molar refractivity (Wildman–Crippen MR) is 98.6 cm³/mol. The third kappa shape index (κ3) is 5.09. The molecule has 2 fully saturated rings. The summed E-state index contributed by atoms with van der Waals surface area (Å²) < 4.78 is 13.6. The van der Waals surface area contributed by atoms with Crippen LogP contribution in [-0.2, 0) is 0 Å². The van der Waals surface area contributed by atoms with Gasteiger partial charge in [0, 0.05) is 25.2 Å². The Morgan fingerprint density at radius 3 is 2.27 bits per heavy atom. The molecule has 26 heavy (non-hydrogen) atoms. The zero-order valence-electron chi connectivity index (χ0n) is 15.0. The van der Waals surface area contributed by atoms with Gasteiger partial charge < -0.3 is 20.9 Å². The standard InChI is InChI=1S/C19H27FN4O2/c20-16-8-4-5-9-17(16)23-18(25)21-15-10-12-24(13-11-15)19(26)22-14-6-2-1-3-7-14/h4-5,8-9,14-15H,1-3,6-7,10-13H2,(H,22,26)(H2,21,23,25). The number of hydrogen-bond donors (Lipinski definition) is 3. The number of hydrogen-bond acceptors (Lipinski definition) is 2. The van der Waals surface area contributed by atoms with Gasteiger partial charge in [-0.25, -0.2) is 14.0 Å². The van der Waals surface area contributed by atoms with Gasteiger partial charge in [0.15, 0.2) is 0 Å². The van der Waals surface area contributed by atoms with E-state index in [2.05, 4.69) is 16.0 Å². The number of carbonyl (C=O) groups is 2. The molecule has 0 spiro atoms. The van der Waals surface area contributed by atoms with Crippen LogP contribution in [-0.4, -0.2) is 42.1 Å². The number of piperidine rings is 1. The number of nitrogens with one attached hydrogen (secondary N) is 3. The van der Waals surface area contributed by atoms with E-state index >= 15 is 0 Å². The van der Waals surface area contributed by atoms with Gasteiger partial charge in [-0.05, 0) is 37.8 Å². The van der Waals surface area contributed by atoms with Gasteiger partial charge in [0.05, 0.1) is 5.69 Å². The van der Waals surface area contributed by atoms with Crippen LogP contribution in [0.15, 0.2) is 24.3 Å². The Balaban J connectivity index is 1.39. The first-order valence-electron chi connectivity index (χ1n) is 9.49. The third-order valence-corrected chi connectivity index (χ3v) is 5.17. The average molecular weight is 362 g/mol. The predicted octanol–water partition coefficient (Wildman–Crippen LogP) is 3.45. The number of anilines is 1. The van der Waals surface area contributed by atoms with E-state index in [0.717, 1.165) is 12.8 Å². The summed E-state index contributed by atoms with van der Waals surface area (Å²) in [4.78, 5) is 26.2. The molecule has 0 atom stereocenters. The number of carbonyl (C=O) groups excluding carboxylic acids is 2. The van der Waals surface area contributed by atoms with E-state index in [9.17, 15) is 14.0 Å². The largest absolute Gasteiger partial charge is 0.335 e. The lowest BCUT2D eigenvalue weighted by Gasteiger charge is -2.34. The van der Waals surface area contributed by atoms with E-state index in [1.165, 1.54) is 31.4 Å². The molecule has 6 nitrogen and oxygen atoms in total. The van der Waals surface area contributed by atoms with Crippen molar-refractivity contribution in [1.29, 1.82) is 0 Å². The Morgan fingerprint density at radius 1 is 0.923 bits per heavy atom. The highest BCUT2D eigenvalue weighted by atomic mass is 19.1. The molecule has 1 saturated carbocycles. The molecule has 3 N–H and O–H groups in total. The van der Waals surface area contributed by atoms with Crippen molar-refractivity contribution in [2.75, 3.05) is 18.4 Å². The summed E-state index contributed by atoms with van der Waals surface area (Å²) in [6, 6.07) is 5.95. The maximum absolute atomic E-state index is 13.6. The SMILES string of the molecule is O=C(Nc1ccccc1F)NC1CCN(C(=O)NC2CCCCC2)CC1. The summed E-state index contributed by atoms with van der Waals surface area (Å²) in [6.45, 7) is 1.23. The Morgan fingerprint density at radius 2 is 1.58 bits per heavy atom. The van der Waals surface area contributed by atoms with Crippen molar-refractivity contribution in [3.63, 3.8) is 0 Å². The minimum atomic E-state index is -0.461. The highest BCUT2D eigenvalue weighted by molar-refractivity contribution is 5.89. The fourth-order valence-electron chi connectivity index (χ4n) is 3.65. The molecule has 1 saturated heterocycles. The Labute approximate surface area is 153 Å². The van der Waals surface area contributed by atoms with E-state index in [-0.39, 0.29) is 17.8 Å². The second kappa shape index (κ2) is 8.87. The third-order valence-electron chi connectivity index (χ3n) is 5.17. The summed E-state index contributed by atoms with van der Waals surface area (Å²) in [6.07, 6.45) is 7.17. The molecule has 0 aromatic heterocycles. The Hall–Kier alpha value is -2.31. The maximum atomic E-state index is 13.6. The van der Waals surface area contributed by atoms with Crippen molar-refractivity contribution in [1.82, 2.24) is 15.5 Å². The van der Waals surface area contributed by atoms with Gasteiger partial charge in [-0.15, -0.1) is 0 Å². The van der Waals surface area contributed by atoms with Gasteiger partial charge >= 0.3 is 12.1 Å². The molecule has 4 amide bonds. The van der Waals surface area contributed by atoms with Gasteiger partial charge in [0.1, 0.15) is 5.82 Å². The fourth-order valence-corrected chi connectivity index (χ4v) is 3.65. The molecule has 0 unspecified atom stereocenters. The number of para-hydroxylation sites is 1. The average Bonchev–Trinajstić information content (AvgIpc) is 2.65. The second-order valence-electron chi connectivity index (χ2n) is 7.12. The van der Waals surface area contributed by atoms with Crippen molar-refractivity contribution in [2.24, 2.45) is 0 Å². The number of urea groups is 2. The smallest absolute Gasteiger partial charge is 0.319 e. The molecule has 0 bridgehead atoms. The zero-order chi connectivity index (χ0) is 18.4. The molecule has 142 valence electrons. The van der Waals surface area contributed by atoms with E-state index in [1.54, 1.807) is 12.1 Å². The monoisotopic (exact) mass is 362 g/mol. The number of amides is 4. The quantitative estimate of drug-likeness (QED) is 0.770. The van der Waals surface area contributed by atoms with Gasteiger partial charge in [-0.1, -0.05) is 31.4 Å². The van der Waals surface area contributed by atoms with Crippen LogP contribution in [0.1, 0.15) is 44.9 Å². The normalized spacial score (nSPS) is 19.0. The van der Waals surface area contributed by atoms with Crippen LogP contribution in [0, 0.1) is 5.82 Å². The molecule has 1 aromatic carbocycles. The summed E-state index contributed by atoms with van der Waals surface area (Å²) in [5, 5.41) is 8.52. The van der Waals surface area contributed by atoms with E-state index in [1.807, 2.05) is 4.90 Å². The highest BCUT2D eigenvalue weighted by Crippen LogP contribution is 2.18. The minimum Gasteiger partial charge on any atom is -0.335 e. The Bertz CT molecular complexity index is 626. The van der Waals surface area contributed by atoms with Crippen molar-refractivity contribution in [3.05, 3.63) is 30.1 Å². The number of nitrogens with zero attached hydrogens (tertiary/aromatic N) is 1. The molecule has 0 radical (unpaired) electrons. The van der Waals surface area contributed by atoms with Crippen molar-refractivity contribution < 1.29 is 14.0 Å². The lowest BCUT2D eigenvalue weighted by atomic mass is 9.95. The van der Waals surface area contributed by atoms with Crippen LogP contribution in [0.4, 0.5) is 19.7 Å². The van der Waals surface area contributed by atoms with Crippen LogP contribution in [0.25, 0.3) is 0 Å². The van der Waals surface area contributed by atoms with E-state index < -0.39 is 11.8 Å². The molecular weight excluding hydrogens is 335 g/mol. The molecule has 2 aliphatic rings. The zero-order valence-corrected chi connectivity index (χ0v) is 15.0. The molecule has 1 aliphatic heterocycles. The lowest BCUT2D eigenvalue weighted by Crippen LogP contribution is -2.52. The molecule has 3 rings (SSSR count). The summed E-state index contributed by atoms with van der Waals surface area (Å²) in [5.74, 6) is -0.461. The van der Waals surface area contributed by atoms with Crippen LogP contribution in [0.2, 0.25) is 0 Å². The van der Waals surface area contributed by atoms with Crippen LogP contribution < -0.4 is 16.0 Å². The van der Waals surface area contributed by atoms with Crippen LogP contribution >= 0.6 is 0 Å².